The molecule has 1 N–H and O–H groups in total. The molecule has 7 nitrogen and oxygen atoms in total. The summed E-state index contributed by atoms with van der Waals surface area (Å²) in [6.07, 6.45) is 1.67. The highest BCUT2D eigenvalue weighted by atomic mass is 32.2. The molecule has 1 heterocycles. The van der Waals surface area contributed by atoms with E-state index in [1.54, 1.807) is 36.4 Å². The van der Waals surface area contributed by atoms with Gasteiger partial charge in [-0.15, -0.1) is 0 Å². The molecule has 4 rings (SSSR count). The Balaban J connectivity index is 1.56. The van der Waals surface area contributed by atoms with Gasteiger partial charge in [0.2, 0.25) is 0 Å². The van der Waals surface area contributed by atoms with E-state index in [4.69, 9.17) is 8.92 Å². The first-order valence-corrected chi connectivity index (χ1v) is 11.7. The largest absolute Gasteiger partial charge is 0.493 e. The lowest BCUT2D eigenvalue weighted by atomic mass is 10.2. The predicted molar refractivity (Wildman–Crippen MR) is 124 cm³/mol. The number of thioether (sulfide) groups is 1. The van der Waals surface area contributed by atoms with Crippen molar-refractivity contribution >= 4 is 44.7 Å². The summed E-state index contributed by atoms with van der Waals surface area (Å²) >= 11 is 1.22. The molecule has 3 aromatic carbocycles. The SMILES string of the molecule is COc1cc(/C=C2/SC(=Nc3ccccc3)NC2=O)ccc1OS(=O)(=O)c1ccccc1. The third-order valence-corrected chi connectivity index (χ3v) is 6.51. The standard InChI is InChI=1S/C23H18N2O5S2/c1-29-20-14-16(12-13-19(20)30-32(27,28)18-10-6-3-7-11-18)15-21-22(26)25-23(31-21)24-17-8-4-2-5-9-17/h2-15H,1H3,(H,24,25,26)/b21-15+. The Morgan fingerprint density at radius 2 is 1.62 bits per heavy atom. The third-order valence-electron chi connectivity index (χ3n) is 4.35. The lowest BCUT2D eigenvalue weighted by Gasteiger charge is -2.11. The summed E-state index contributed by atoms with van der Waals surface area (Å²) < 4.78 is 35.6. The van der Waals surface area contributed by atoms with Crippen LogP contribution in [0.1, 0.15) is 5.56 Å². The van der Waals surface area contributed by atoms with Crippen molar-refractivity contribution in [1.29, 1.82) is 0 Å². The van der Waals surface area contributed by atoms with Crippen LogP contribution in [0.3, 0.4) is 0 Å². The van der Waals surface area contributed by atoms with Gasteiger partial charge in [0, 0.05) is 0 Å². The van der Waals surface area contributed by atoms with Gasteiger partial charge in [0.15, 0.2) is 16.7 Å². The van der Waals surface area contributed by atoms with Crippen molar-refractivity contribution < 1.29 is 22.1 Å². The van der Waals surface area contributed by atoms with Crippen molar-refractivity contribution in [2.45, 2.75) is 4.90 Å². The number of hydrogen-bond acceptors (Lipinski definition) is 7. The van der Waals surface area contributed by atoms with Crippen molar-refractivity contribution in [3.05, 3.63) is 89.3 Å². The van der Waals surface area contributed by atoms with E-state index < -0.39 is 10.1 Å². The molecular formula is C23H18N2O5S2. The van der Waals surface area contributed by atoms with Crippen LogP contribution in [0.4, 0.5) is 5.69 Å². The minimum Gasteiger partial charge on any atom is -0.493 e. The molecule has 32 heavy (non-hydrogen) atoms. The van der Waals surface area contributed by atoms with Crippen molar-refractivity contribution in [1.82, 2.24) is 5.32 Å². The predicted octanol–water partition coefficient (Wildman–Crippen LogP) is 4.35. The monoisotopic (exact) mass is 466 g/mol. The van der Waals surface area contributed by atoms with Gasteiger partial charge < -0.3 is 14.2 Å². The zero-order chi connectivity index (χ0) is 22.6. The average Bonchev–Trinajstić information content (AvgIpc) is 3.14. The van der Waals surface area contributed by atoms with Crippen LogP contribution in [0.2, 0.25) is 0 Å². The molecule has 0 aliphatic carbocycles. The molecule has 0 radical (unpaired) electrons. The second-order valence-electron chi connectivity index (χ2n) is 6.58. The molecule has 1 aliphatic rings. The molecule has 0 unspecified atom stereocenters. The highest BCUT2D eigenvalue weighted by Gasteiger charge is 2.24. The number of carbonyl (C=O) groups excluding carboxylic acids is 1. The van der Waals surface area contributed by atoms with E-state index in [1.807, 2.05) is 30.3 Å². The molecule has 1 saturated heterocycles. The van der Waals surface area contributed by atoms with Crippen LogP contribution >= 0.6 is 11.8 Å². The first kappa shape index (κ1) is 21.7. The maximum absolute atomic E-state index is 12.5. The number of nitrogens with zero attached hydrogens (tertiary/aromatic N) is 1. The van der Waals surface area contributed by atoms with Gasteiger partial charge >= 0.3 is 10.1 Å². The molecule has 0 spiro atoms. The molecule has 0 aromatic heterocycles. The van der Waals surface area contributed by atoms with Gasteiger partial charge in [0.1, 0.15) is 4.90 Å². The lowest BCUT2D eigenvalue weighted by Crippen LogP contribution is -2.19. The maximum Gasteiger partial charge on any atom is 0.339 e. The zero-order valence-corrected chi connectivity index (χ0v) is 18.5. The first-order valence-electron chi connectivity index (χ1n) is 9.47. The normalized spacial score (nSPS) is 16.2. The molecule has 1 fully saturated rings. The Kier molecular flexibility index (Phi) is 6.29. The van der Waals surface area contributed by atoms with E-state index in [-0.39, 0.29) is 22.3 Å². The Morgan fingerprint density at radius 3 is 2.31 bits per heavy atom. The van der Waals surface area contributed by atoms with Crippen LogP contribution in [0.5, 0.6) is 11.5 Å². The van der Waals surface area contributed by atoms with Crippen LogP contribution in [0.25, 0.3) is 6.08 Å². The van der Waals surface area contributed by atoms with E-state index in [9.17, 15) is 13.2 Å². The second kappa shape index (κ2) is 9.29. The van der Waals surface area contributed by atoms with E-state index in [0.29, 0.717) is 15.6 Å². The van der Waals surface area contributed by atoms with E-state index in [0.717, 1.165) is 5.69 Å². The van der Waals surface area contributed by atoms with Crippen LogP contribution in [-0.4, -0.2) is 26.6 Å². The van der Waals surface area contributed by atoms with Crippen LogP contribution < -0.4 is 14.2 Å². The second-order valence-corrected chi connectivity index (χ2v) is 9.16. The number of methoxy groups -OCH3 is 1. The summed E-state index contributed by atoms with van der Waals surface area (Å²) in [6.45, 7) is 0. The zero-order valence-electron chi connectivity index (χ0n) is 16.9. The molecule has 0 atom stereocenters. The Labute approximate surface area is 189 Å². The van der Waals surface area contributed by atoms with E-state index in [2.05, 4.69) is 10.3 Å². The quantitative estimate of drug-likeness (QED) is 0.429. The van der Waals surface area contributed by atoms with Crippen LogP contribution in [0.15, 0.2) is 93.7 Å². The molecular weight excluding hydrogens is 448 g/mol. The Hall–Kier alpha value is -3.56. The minimum atomic E-state index is -4.01. The first-order chi connectivity index (χ1) is 15.4. The van der Waals surface area contributed by atoms with Gasteiger partial charge in [-0.3, -0.25) is 4.79 Å². The van der Waals surface area contributed by atoms with E-state index >= 15 is 0 Å². The average molecular weight is 467 g/mol. The van der Waals surface area contributed by atoms with E-state index in [1.165, 1.54) is 37.1 Å². The van der Waals surface area contributed by atoms with Crippen molar-refractivity contribution in [3.63, 3.8) is 0 Å². The van der Waals surface area contributed by atoms with Crippen LogP contribution in [0, 0.1) is 0 Å². The number of aliphatic imine (C=N–C) groups is 1. The summed E-state index contributed by atoms with van der Waals surface area (Å²) in [7, 11) is -2.59. The number of para-hydroxylation sites is 1. The molecule has 1 aliphatic heterocycles. The summed E-state index contributed by atoms with van der Waals surface area (Å²) in [6, 6.07) is 21.9. The number of carbonyl (C=O) groups is 1. The Morgan fingerprint density at radius 1 is 0.938 bits per heavy atom. The summed E-state index contributed by atoms with van der Waals surface area (Å²) in [4.78, 5) is 17.2. The topological polar surface area (TPSA) is 94.1 Å². The number of hydrogen-bond donors (Lipinski definition) is 1. The number of benzene rings is 3. The molecule has 1 amide bonds. The van der Waals surface area contributed by atoms with Crippen LogP contribution in [-0.2, 0) is 14.9 Å². The minimum absolute atomic E-state index is 0.0394. The fraction of sp³-hybridized carbons (Fsp3) is 0.0435. The number of nitrogens with one attached hydrogen (secondary N) is 1. The fourth-order valence-corrected chi connectivity index (χ4v) is 4.65. The highest BCUT2D eigenvalue weighted by Crippen LogP contribution is 2.33. The fourth-order valence-electron chi connectivity index (χ4n) is 2.85. The van der Waals surface area contributed by atoms with Gasteiger partial charge in [-0.1, -0.05) is 42.5 Å². The van der Waals surface area contributed by atoms with Crippen molar-refractivity contribution in [2.75, 3.05) is 7.11 Å². The van der Waals surface area contributed by atoms with Crippen molar-refractivity contribution in [2.24, 2.45) is 4.99 Å². The molecule has 0 saturated carbocycles. The van der Waals surface area contributed by atoms with Gasteiger partial charge in [0.05, 0.1) is 17.7 Å². The molecule has 3 aromatic rings. The number of amidine groups is 1. The van der Waals surface area contributed by atoms with Gasteiger partial charge in [0.25, 0.3) is 5.91 Å². The maximum atomic E-state index is 12.5. The third kappa shape index (κ3) is 5.01. The Bertz CT molecular complexity index is 1300. The lowest BCUT2D eigenvalue weighted by molar-refractivity contribution is -0.115. The van der Waals surface area contributed by atoms with Gasteiger partial charge in [-0.25, -0.2) is 4.99 Å². The number of ether oxygens (including phenoxy) is 1. The summed E-state index contributed by atoms with van der Waals surface area (Å²) in [5.74, 6) is 0.00410. The summed E-state index contributed by atoms with van der Waals surface area (Å²) in [5.41, 5.74) is 1.38. The molecule has 0 bridgehead atoms. The summed E-state index contributed by atoms with van der Waals surface area (Å²) in [5, 5.41) is 3.21. The molecule has 162 valence electrons. The number of rotatable bonds is 6. The highest BCUT2D eigenvalue weighted by molar-refractivity contribution is 8.18. The van der Waals surface area contributed by atoms with Gasteiger partial charge in [-0.2, -0.15) is 8.42 Å². The molecule has 9 heteroatoms. The number of amides is 1. The smallest absolute Gasteiger partial charge is 0.339 e. The van der Waals surface area contributed by atoms with Crippen molar-refractivity contribution in [3.8, 4) is 11.5 Å². The van der Waals surface area contributed by atoms with Gasteiger partial charge in [-0.05, 0) is 59.8 Å².